The Balaban J connectivity index is 0.00000267. The zero-order chi connectivity index (χ0) is 23.8. The Hall–Kier alpha value is -4.48. The van der Waals surface area contributed by atoms with Crippen LogP contribution in [0, 0.1) is 5.92 Å². The molecule has 0 amide bonds. The van der Waals surface area contributed by atoms with Gasteiger partial charge < -0.3 is 9.88 Å². The largest absolute Gasteiger partial charge is 0.352 e. The van der Waals surface area contributed by atoms with Gasteiger partial charge in [0, 0.05) is 34.5 Å². The smallest absolute Gasteiger partial charge is 0.0618 e. The molecule has 2 heterocycles. The van der Waals surface area contributed by atoms with Crippen LogP contribution in [0.15, 0.2) is 120 Å². The van der Waals surface area contributed by atoms with Gasteiger partial charge in [0.2, 0.25) is 0 Å². The minimum Gasteiger partial charge on any atom is -0.352 e. The second-order valence-electron chi connectivity index (χ2n) is 9.05. The van der Waals surface area contributed by atoms with E-state index in [1.165, 1.54) is 22.0 Å². The van der Waals surface area contributed by atoms with Crippen LogP contribution >= 0.6 is 0 Å². The topological polar surface area (TPSA) is 17.0 Å². The van der Waals surface area contributed by atoms with Crippen molar-refractivity contribution in [2.75, 3.05) is 5.32 Å². The number of allylic oxidation sites excluding steroid dienone is 6. The Morgan fingerprint density at radius 3 is 2.57 bits per heavy atom. The van der Waals surface area contributed by atoms with Crippen LogP contribution < -0.4 is 15.9 Å². The van der Waals surface area contributed by atoms with Gasteiger partial charge in [-0.05, 0) is 60.9 Å². The minimum atomic E-state index is 0. The number of anilines is 1. The van der Waals surface area contributed by atoms with E-state index in [9.17, 15) is 0 Å². The molecule has 2 nitrogen and oxygen atoms in total. The van der Waals surface area contributed by atoms with Gasteiger partial charge in [0.05, 0.1) is 16.6 Å². The standard InChI is InChI=1S/C33H26N2.H2/c1-23(16-17-26-22-24(2)34-31-14-8-6-12-28(26)31)25-18-20-30-29-13-7-9-15-32(29)35(33(30)21-19-25)27-10-4-3-5-11-27;/h3-19,21,23,34H,1-2H3;1H/b17-16-;. The van der Waals surface area contributed by atoms with Crippen LogP contribution in [0.5, 0.6) is 0 Å². The van der Waals surface area contributed by atoms with Crippen LogP contribution in [-0.2, 0) is 0 Å². The molecule has 1 atom stereocenters. The molecule has 1 aliphatic carbocycles. The van der Waals surface area contributed by atoms with E-state index in [1.54, 1.807) is 0 Å². The summed E-state index contributed by atoms with van der Waals surface area (Å²) >= 11 is 0. The first-order chi connectivity index (χ1) is 17.2. The van der Waals surface area contributed by atoms with E-state index in [0.717, 1.165) is 33.2 Å². The summed E-state index contributed by atoms with van der Waals surface area (Å²) in [6.07, 6.45) is 11.1. The molecular weight excluding hydrogens is 424 g/mol. The normalized spacial score (nSPS) is 15.1. The van der Waals surface area contributed by atoms with Gasteiger partial charge in [0.25, 0.3) is 0 Å². The summed E-state index contributed by atoms with van der Waals surface area (Å²) in [5.74, 6) is 0.232. The lowest BCUT2D eigenvalue weighted by molar-refractivity contribution is 0.894. The predicted octanol–water partition coefficient (Wildman–Crippen LogP) is 6.74. The second kappa shape index (κ2) is 8.70. The molecule has 0 fully saturated rings. The van der Waals surface area contributed by atoms with Crippen molar-refractivity contribution in [2.45, 2.75) is 13.8 Å². The van der Waals surface area contributed by atoms with Gasteiger partial charge in [0.15, 0.2) is 0 Å². The maximum absolute atomic E-state index is 3.63. The molecule has 2 heteroatoms. The van der Waals surface area contributed by atoms with Gasteiger partial charge in [-0.1, -0.05) is 79.4 Å². The Morgan fingerprint density at radius 2 is 1.69 bits per heavy atom. The van der Waals surface area contributed by atoms with Crippen molar-refractivity contribution in [1.29, 1.82) is 0 Å². The van der Waals surface area contributed by atoms with Crippen LogP contribution in [0.3, 0.4) is 0 Å². The SMILES string of the molecule is CC1=C=C(/C=C\C(C)C2=CC=c3c(c4ccccc4n3-c3ccccc3)=C=C2)c2ccccc2N1.[HH]. The second-order valence-corrected chi connectivity index (χ2v) is 9.05. The number of benzene rings is 3. The summed E-state index contributed by atoms with van der Waals surface area (Å²) in [5.41, 5.74) is 15.2. The van der Waals surface area contributed by atoms with Crippen LogP contribution in [0.25, 0.3) is 34.0 Å². The lowest BCUT2D eigenvalue weighted by Crippen LogP contribution is -2.27. The third-order valence-electron chi connectivity index (χ3n) is 6.68. The molecule has 1 aromatic heterocycles. The highest BCUT2D eigenvalue weighted by atomic mass is 15.0. The molecule has 0 spiro atoms. The van der Waals surface area contributed by atoms with Crippen molar-refractivity contribution in [3.8, 4) is 5.69 Å². The zero-order valence-electron chi connectivity index (χ0n) is 19.9. The minimum absolute atomic E-state index is 0. The van der Waals surface area contributed by atoms with Crippen molar-refractivity contribution >= 4 is 34.0 Å². The van der Waals surface area contributed by atoms with Crippen LogP contribution in [-0.4, -0.2) is 4.57 Å². The number of nitrogens with zero attached hydrogens (tertiary/aromatic N) is 1. The van der Waals surface area contributed by atoms with Gasteiger partial charge >= 0.3 is 0 Å². The molecule has 0 radical (unpaired) electrons. The fourth-order valence-corrected chi connectivity index (χ4v) is 4.90. The highest BCUT2D eigenvalue weighted by Gasteiger charge is 2.12. The number of para-hydroxylation sites is 3. The molecule has 170 valence electrons. The number of hydrogen-bond acceptors (Lipinski definition) is 1. The van der Waals surface area contributed by atoms with Gasteiger partial charge in [-0.2, -0.15) is 0 Å². The third-order valence-corrected chi connectivity index (χ3v) is 6.68. The van der Waals surface area contributed by atoms with E-state index in [4.69, 9.17) is 0 Å². The van der Waals surface area contributed by atoms with Crippen molar-refractivity contribution < 1.29 is 1.43 Å². The van der Waals surface area contributed by atoms with E-state index in [0.29, 0.717) is 0 Å². The quantitative estimate of drug-likeness (QED) is 0.340. The summed E-state index contributed by atoms with van der Waals surface area (Å²) in [5, 5.41) is 6.92. The van der Waals surface area contributed by atoms with E-state index >= 15 is 0 Å². The summed E-state index contributed by atoms with van der Waals surface area (Å²) < 4.78 is 2.33. The van der Waals surface area contributed by atoms with Gasteiger partial charge in [0.1, 0.15) is 0 Å². The van der Waals surface area contributed by atoms with Crippen molar-refractivity contribution in [1.82, 2.24) is 4.57 Å². The van der Waals surface area contributed by atoms with E-state index < -0.39 is 0 Å². The Bertz CT molecular complexity index is 1750. The molecule has 1 unspecified atom stereocenters. The van der Waals surface area contributed by atoms with E-state index in [2.05, 4.69) is 144 Å². The number of aromatic nitrogens is 1. The first-order valence-electron chi connectivity index (χ1n) is 12.0. The van der Waals surface area contributed by atoms with Crippen molar-refractivity contribution in [2.24, 2.45) is 5.92 Å². The molecule has 0 bridgehead atoms. The fourth-order valence-electron chi connectivity index (χ4n) is 4.90. The molecule has 0 saturated carbocycles. The molecule has 2 aliphatic rings. The first kappa shape index (κ1) is 21.1. The first-order valence-corrected chi connectivity index (χ1v) is 12.0. The van der Waals surface area contributed by atoms with Crippen LogP contribution in [0.2, 0.25) is 0 Å². The predicted molar refractivity (Wildman–Crippen MR) is 150 cm³/mol. The third kappa shape index (κ3) is 3.82. The van der Waals surface area contributed by atoms with Crippen molar-refractivity contribution in [3.63, 3.8) is 0 Å². The zero-order valence-corrected chi connectivity index (χ0v) is 19.9. The Kier molecular flexibility index (Phi) is 5.24. The summed E-state index contributed by atoms with van der Waals surface area (Å²) in [4.78, 5) is 0. The summed E-state index contributed by atoms with van der Waals surface area (Å²) in [6, 6.07) is 27.5. The van der Waals surface area contributed by atoms with Crippen LogP contribution in [0.1, 0.15) is 20.8 Å². The molecule has 0 saturated heterocycles. The van der Waals surface area contributed by atoms with Gasteiger partial charge in [-0.3, -0.25) is 0 Å². The highest BCUT2D eigenvalue weighted by molar-refractivity contribution is 5.86. The Labute approximate surface area is 207 Å². The fraction of sp³-hybridized carbons (Fsp3) is 0.0909. The number of nitrogens with one attached hydrogen (secondary N) is 1. The monoisotopic (exact) mass is 452 g/mol. The maximum atomic E-state index is 3.63. The summed E-state index contributed by atoms with van der Waals surface area (Å²) in [6.45, 7) is 4.29. The molecular formula is C33H28N2. The lowest BCUT2D eigenvalue weighted by atomic mass is 9.96. The lowest BCUT2D eigenvalue weighted by Gasteiger charge is -2.16. The number of fused-ring (bicyclic) bond motifs is 4. The molecule has 1 N–H and O–H groups in total. The molecule has 4 aromatic rings. The number of hydrogen-bond donors (Lipinski definition) is 1. The highest BCUT2D eigenvalue weighted by Crippen LogP contribution is 2.29. The van der Waals surface area contributed by atoms with E-state index in [-0.39, 0.29) is 7.34 Å². The van der Waals surface area contributed by atoms with E-state index in [1.807, 2.05) is 0 Å². The van der Waals surface area contributed by atoms with Crippen molar-refractivity contribution in [3.05, 3.63) is 136 Å². The Morgan fingerprint density at radius 1 is 0.914 bits per heavy atom. The average Bonchev–Trinajstić information content (AvgIpc) is 3.04. The van der Waals surface area contributed by atoms with Gasteiger partial charge in [-0.25, -0.2) is 0 Å². The van der Waals surface area contributed by atoms with Gasteiger partial charge in [-0.15, -0.1) is 5.73 Å². The summed E-state index contributed by atoms with van der Waals surface area (Å²) in [7, 11) is 0. The number of rotatable bonds is 4. The maximum Gasteiger partial charge on any atom is 0.0618 e. The molecule has 6 rings (SSSR count). The molecule has 35 heavy (non-hydrogen) atoms. The van der Waals surface area contributed by atoms with Crippen LogP contribution in [0.4, 0.5) is 5.69 Å². The molecule has 3 aromatic carbocycles. The molecule has 1 aliphatic heterocycles. The average molecular weight is 453 g/mol.